The van der Waals surface area contributed by atoms with E-state index < -0.39 is 0 Å². The number of rotatable bonds is 6. The van der Waals surface area contributed by atoms with E-state index in [1.165, 1.54) is 0 Å². The summed E-state index contributed by atoms with van der Waals surface area (Å²) in [6.45, 7) is 4.59. The fourth-order valence-corrected chi connectivity index (χ4v) is 5.60. The van der Waals surface area contributed by atoms with Gasteiger partial charge in [0.1, 0.15) is 0 Å². The Morgan fingerprint density at radius 3 is 2.56 bits per heavy atom. The Balaban J connectivity index is 1.04. The molecule has 5 aromatic heterocycles. The van der Waals surface area contributed by atoms with Gasteiger partial charge in [-0.25, -0.2) is 24.6 Å². The van der Waals surface area contributed by atoms with Crippen molar-refractivity contribution in [2.75, 3.05) is 31.1 Å². The highest BCUT2D eigenvalue weighted by Gasteiger charge is 2.24. The van der Waals surface area contributed by atoms with E-state index in [4.69, 9.17) is 15.0 Å². The van der Waals surface area contributed by atoms with Crippen molar-refractivity contribution >= 4 is 17.2 Å². The summed E-state index contributed by atoms with van der Waals surface area (Å²) in [5.74, 6) is 1.13. The second kappa shape index (κ2) is 10.1. The van der Waals surface area contributed by atoms with E-state index in [1.807, 2.05) is 36.5 Å². The Morgan fingerprint density at radius 2 is 1.74 bits per heavy atom. The summed E-state index contributed by atoms with van der Waals surface area (Å²) in [7, 11) is 1.89. The fourth-order valence-electron chi connectivity index (χ4n) is 5.60. The number of nitrogens with zero attached hydrogens (tertiary/aromatic N) is 12. The third-order valence-corrected chi connectivity index (χ3v) is 7.72. The second-order valence-corrected chi connectivity index (χ2v) is 10.5. The molecule has 2 aliphatic heterocycles. The van der Waals surface area contributed by atoms with Crippen molar-refractivity contribution in [3.05, 3.63) is 43.4 Å². The number of nitrogens with one attached hydrogen (secondary N) is 1. The minimum absolute atomic E-state index is 0.374. The van der Waals surface area contributed by atoms with Crippen molar-refractivity contribution < 1.29 is 0 Å². The molecule has 2 fully saturated rings. The third kappa shape index (κ3) is 4.85. The molecule has 0 spiro atoms. The summed E-state index contributed by atoms with van der Waals surface area (Å²) in [6.07, 6.45) is 17.7. The van der Waals surface area contributed by atoms with Crippen LogP contribution in [0.1, 0.15) is 31.7 Å². The van der Waals surface area contributed by atoms with Gasteiger partial charge in [-0.1, -0.05) is 5.21 Å². The van der Waals surface area contributed by atoms with E-state index in [-0.39, 0.29) is 0 Å². The number of hydrogen-bond acceptors (Lipinski definition) is 10. The molecule has 7 heterocycles. The van der Waals surface area contributed by atoms with Gasteiger partial charge in [0.2, 0.25) is 11.6 Å². The van der Waals surface area contributed by atoms with Crippen molar-refractivity contribution in [1.29, 1.82) is 0 Å². The van der Waals surface area contributed by atoms with Crippen LogP contribution < -0.4 is 10.2 Å². The van der Waals surface area contributed by atoms with Gasteiger partial charge in [0.05, 0.1) is 30.3 Å². The Bertz CT molecular complexity index is 1560. The molecule has 0 saturated carbocycles. The zero-order chi connectivity index (χ0) is 26.2. The smallest absolute Gasteiger partial charge is 0.225 e. The number of fused-ring (bicyclic) bond motifs is 1. The van der Waals surface area contributed by atoms with Crippen LogP contribution in [0.25, 0.3) is 33.7 Å². The maximum atomic E-state index is 4.81. The van der Waals surface area contributed by atoms with Crippen LogP contribution in [0.3, 0.4) is 0 Å². The van der Waals surface area contributed by atoms with Gasteiger partial charge in [-0.05, 0) is 44.7 Å². The van der Waals surface area contributed by atoms with Gasteiger partial charge >= 0.3 is 0 Å². The topological polar surface area (TPSA) is 133 Å². The van der Waals surface area contributed by atoms with Crippen LogP contribution in [0.4, 0.5) is 5.95 Å². The van der Waals surface area contributed by atoms with Gasteiger partial charge in [-0.3, -0.25) is 9.36 Å². The average molecular weight is 526 g/mol. The third-order valence-electron chi connectivity index (χ3n) is 7.72. The van der Waals surface area contributed by atoms with Crippen LogP contribution in [0.2, 0.25) is 0 Å². The molecule has 200 valence electrons. The van der Waals surface area contributed by atoms with Crippen LogP contribution in [0, 0.1) is 5.92 Å². The van der Waals surface area contributed by atoms with Crippen molar-refractivity contribution in [3.8, 4) is 22.4 Å². The molecule has 1 N–H and O–H groups in total. The van der Waals surface area contributed by atoms with Crippen molar-refractivity contribution in [1.82, 2.24) is 59.8 Å². The summed E-state index contributed by atoms with van der Waals surface area (Å²) in [5.41, 5.74) is 4.98. The number of anilines is 1. The van der Waals surface area contributed by atoms with Crippen molar-refractivity contribution in [2.24, 2.45) is 13.0 Å². The summed E-state index contributed by atoms with van der Waals surface area (Å²) in [6, 6.07) is 0.459. The lowest BCUT2D eigenvalue weighted by molar-refractivity contribution is 0.343. The van der Waals surface area contributed by atoms with Gasteiger partial charge in [0, 0.05) is 68.2 Å². The number of piperidine rings is 2. The second-order valence-electron chi connectivity index (χ2n) is 10.5. The molecule has 2 saturated heterocycles. The molecule has 7 rings (SSSR count). The first-order valence-electron chi connectivity index (χ1n) is 13.6. The highest BCUT2D eigenvalue weighted by molar-refractivity contribution is 5.69. The van der Waals surface area contributed by atoms with Crippen LogP contribution in [-0.4, -0.2) is 80.7 Å². The first kappa shape index (κ1) is 23.8. The van der Waals surface area contributed by atoms with E-state index in [9.17, 15) is 0 Å². The van der Waals surface area contributed by atoms with Crippen LogP contribution >= 0.6 is 0 Å². The van der Waals surface area contributed by atoms with Crippen LogP contribution in [-0.2, 0) is 13.6 Å². The molecule has 0 aromatic carbocycles. The van der Waals surface area contributed by atoms with E-state index in [1.54, 1.807) is 17.1 Å². The highest BCUT2D eigenvalue weighted by atomic mass is 15.5. The number of hydrogen-bond donors (Lipinski definition) is 1. The molecule has 0 bridgehead atoms. The predicted molar refractivity (Wildman–Crippen MR) is 145 cm³/mol. The maximum absolute atomic E-state index is 4.81. The zero-order valence-corrected chi connectivity index (χ0v) is 21.9. The molecular weight excluding hydrogens is 494 g/mol. The fraction of sp³-hybridized carbons (Fsp3) is 0.462. The normalized spacial score (nSPS) is 18.7. The minimum atomic E-state index is 0.374. The Hall–Kier alpha value is -4.26. The van der Waals surface area contributed by atoms with Crippen molar-refractivity contribution in [3.63, 3.8) is 0 Å². The molecule has 1 unspecified atom stereocenters. The summed E-state index contributed by atoms with van der Waals surface area (Å²) in [4.78, 5) is 21.0. The standard InChI is InChI=1S/C26H31N13/c1-36-16-21(12-31-36)23-13-28-24-25(33-23)39(35-34-24)15-18-3-2-8-37(14-18)26-29-9-19(10-30-26)20-11-32-38(17-20)22-4-6-27-7-5-22/h9-13,16-18,22,27H,2-8,14-15H2,1H3. The first-order valence-corrected chi connectivity index (χ1v) is 13.6. The maximum Gasteiger partial charge on any atom is 0.225 e. The van der Waals surface area contributed by atoms with Crippen LogP contribution in [0.5, 0.6) is 0 Å². The molecule has 13 nitrogen and oxygen atoms in total. The lowest BCUT2D eigenvalue weighted by Crippen LogP contribution is -2.38. The van der Waals surface area contributed by atoms with E-state index in [0.29, 0.717) is 29.8 Å². The Kier molecular flexibility index (Phi) is 6.19. The molecule has 2 aliphatic rings. The largest absolute Gasteiger partial charge is 0.340 e. The lowest BCUT2D eigenvalue weighted by atomic mass is 9.98. The molecule has 1 atom stereocenters. The molecule has 0 radical (unpaired) electrons. The zero-order valence-electron chi connectivity index (χ0n) is 21.9. The van der Waals surface area contributed by atoms with Crippen molar-refractivity contribution in [2.45, 2.75) is 38.3 Å². The van der Waals surface area contributed by atoms with Gasteiger partial charge in [0.25, 0.3) is 0 Å². The van der Waals surface area contributed by atoms with E-state index in [2.05, 4.69) is 46.6 Å². The van der Waals surface area contributed by atoms with Crippen LogP contribution in [0.15, 0.2) is 43.4 Å². The van der Waals surface area contributed by atoms with E-state index >= 15 is 0 Å². The molecule has 0 aliphatic carbocycles. The molecule has 13 heteroatoms. The van der Waals surface area contributed by atoms with Gasteiger partial charge in [-0.15, -0.1) is 5.10 Å². The molecule has 0 amide bonds. The Morgan fingerprint density at radius 1 is 0.897 bits per heavy atom. The minimum Gasteiger partial charge on any atom is -0.340 e. The van der Waals surface area contributed by atoms with E-state index in [0.717, 1.165) is 80.2 Å². The molecule has 5 aromatic rings. The number of aryl methyl sites for hydroxylation is 1. The first-order chi connectivity index (χ1) is 19.2. The summed E-state index contributed by atoms with van der Waals surface area (Å²) >= 11 is 0. The highest BCUT2D eigenvalue weighted by Crippen LogP contribution is 2.26. The van der Waals surface area contributed by atoms with Gasteiger partial charge in [0.15, 0.2) is 5.65 Å². The lowest BCUT2D eigenvalue weighted by Gasteiger charge is -2.32. The summed E-state index contributed by atoms with van der Waals surface area (Å²) in [5, 5.41) is 20.9. The molecule has 39 heavy (non-hydrogen) atoms. The van der Waals surface area contributed by atoms with Gasteiger partial charge in [-0.2, -0.15) is 10.2 Å². The predicted octanol–water partition coefficient (Wildman–Crippen LogP) is 2.12. The monoisotopic (exact) mass is 525 g/mol. The Labute approximate surface area is 225 Å². The molecular formula is C26H31N13. The summed E-state index contributed by atoms with van der Waals surface area (Å²) < 4.78 is 5.72. The van der Waals surface area contributed by atoms with Gasteiger partial charge < -0.3 is 10.2 Å². The number of aromatic nitrogens is 11. The SMILES string of the molecule is Cn1cc(-c2cnc3nnn(CC4CCCN(c5ncc(-c6cnn(C7CCNCC7)c6)cn5)C4)c3n2)cn1. The average Bonchev–Trinajstić information content (AvgIpc) is 3.74. The quantitative estimate of drug-likeness (QED) is 0.351.